The van der Waals surface area contributed by atoms with Crippen molar-refractivity contribution < 1.29 is 13.9 Å². The number of fused-ring (bicyclic) bond motifs is 1. The summed E-state index contributed by atoms with van der Waals surface area (Å²) >= 11 is 0. The van der Waals surface area contributed by atoms with Crippen molar-refractivity contribution in [3.05, 3.63) is 59.9 Å². The molecular weight excluding hydrogens is 407 g/mol. The van der Waals surface area contributed by atoms with Crippen molar-refractivity contribution in [2.24, 2.45) is 4.99 Å². The molecule has 1 amide bonds. The summed E-state index contributed by atoms with van der Waals surface area (Å²) in [7, 11) is 1.78. The van der Waals surface area contributed by atoms with Gasteiger partial charge in [-0.3, -0.25) is 9.79 Å². The largest absolute Gasteiger partial charge is 0.489 e. The van der Waals surface area contributed by atoms with Crippen LogP contribution in [0.4, 0.5) is 10.1 Å². The molecule has 2 aliphatic heterocycles. The van der Waals surface area contributed by atoms with Gasteiger partial charge in [0.15, 0.2) is 5.96 Å². The second kappa shape index (κ2) is 10.0. The molecule has 0 spiro atoms. The number of para-hydroxylation sites is 1. The van der Waals surface area contributed by atoms with Crippen LogP contribution in [0.3, 0.4) is 0 Å². The maximum absolute atomic E-state index is 13.4. The zero-order valence-corrected chi connectivity index (χ0v) is 18.8. The molecule has 0 aliphatic carbocycles. The molecule has 32 heavy (non-hydrogen) atoms. The highest BCUT2D eigenvalue weighted by Gasteiger charge is 2.32. The Bertz CT molecular complexity index is 980. The third-order valence-corrected chi connectivity index (χ3v) is 6.14. The maximum Gasteiger partial charge on any atom is 0.222 e. The molecule has 2 aromatic carbocycles. The Morgan fingerprint density at radius 2 is 2.12 bits per heavy atom. The molecule has 0 saturated carbocycles. The van der Waals surface area contributed by atoms with Crippen LogP contribution in [-0.2, 0) is 4.79 Å². The molecule has 2 atom stereocenters. The van der Waals surface area contributed by atoms with Crippen LogP contribution in [0.25, 0.3) is 0 Å². The molecule has 1 saturated heterocycles. The lowest BCUT2D eigenvalue weighted by Crippen LogP contribution is -2.44. The van der Waals surface area contributed by atoms with Gasteiger partial charge in [-0.2, -0.15) is 0 Å². The number of hydrogen-bond acceptors (Lipinski definition) is 3. The van der Waals surface area contributed by atoms with Crippen molar-refractivity contribution in [1.82, 2.24) is 10.2 Å². The lowest BCUT2D eigenvalue weighted by Gasteiger charge is -2.25. The van der Waals surface area contributed by atoms with Crippen LogP contribution in [0.5, 0.6) is 5.75 Å². The van der Waals surface area contributed by atoms with Crippen molar-refractivity contribution in [1.29, 1.82) is 0 Å². The summed E-state index contributed by atoms with van der Waals surface area (Å²) in [5.74, 6) is 1.61. The number of guanidine groups is 1. The van der Waals surface area contributed by atoms with Crippen LogP contribution in [0.1, 0.15) is 37.7 Å². The van der Waals surface area contributed by atoms with Gasteiger partial charge in [-0.15, -0.1) is 0 Å². The Hall–Kier alpha value is -3.09. The number of ether oxygens (including phenoxy) is 1. The number of aliphatic imine (C=N–C) groups is 1. The van der Waals surface area contributed by atoms with E-state index in [0.29, 0.717) is 24.6 Å². The average Bonchev–Trinajstić information content (AvgIpc) is 3.36. The maximum atomic E-state index is 13.4. The highest BCUT2D eigenvalue weighted by molar-refractivity contribution is 5.98. The Morgan fingerprint density at radius 3 is 2.88 bits per heavy atom. The molecular formula is C25H31FN4O2. The van der Waals surface area contributed by atoms with Crippen LogP contribution < -0.4 is 15.0 Å². The van der Waals surface area contributed by atoms with Gasteiger partial charge in [0, 0.05) is 50.8 Å². The van der Waals surface area contributed by atoms with E-state index < -0.39 is 0 Å². The molecule has 2 aliphatic rings. The zero-order valence-electron chi connectivity index (χ0n) is 18.8. The number of benzene rings is 2. The van der Waals surface area contributed by atoms with Gasteiger partial charge in [-0.25, -0.2) is 4.39 Å². The van der Waals surface area contributed by atoms with E-state index in [1.165, 1.54) is 17.7 Å². The molecule has 0 aromatic heterocycles. The number of halogens is 1. The number of anilines is 1. The fourth-order valence-corrected chi connectivity index (χ4v) is 4.54. The smallest absolute Gasteiger partial charge is 0.222 e. The molecule has 1 fully saturated rings. The van der Waals surface area contributed by atoms with E-state index in [1.54, 1.807) is 19.2 Å². The quantitative estimate of drug-likeness (QED) is 0.528. The monoisotopic (exact) mass is 438 g/mol. The minimum atomic E-state index is -0.311. The van der Waals surface area contributed by atoms with Gasteiger partial charge in [0.25, 0.3) is 0 Å². The van der Waals surface area contributed by atoms with E-state index in [1.807, 2.05) is 17.9 Å². The predicted octanol–water partition coefficient (Wildman–Crippen LogP) is 3.78. The predicted molar refractivity (Wildman–Crippen MR) is 125 cm³/mol. The summed E-state index contributed by atoms with van der Waals surface area (Å²) in [6.07, 6.45) is 2.43. The highest BCUT2D eigenvalue weighted by atomic mass is 19.1. The number of nitrogens with zero attached hydrogens (tertiary/aromatic N) is 3. The van der Waals surface area contributed by atoms with Gasteiger partial charge >= 0.3 is 0 Å². The second-order valence-corrected chi connectivity index (χ2v) is 8.45. The van der Waals surface area contributed by atoms with Crippen LogP contribution in [0, 0.1) is 5.82 Å². The molecule has 0 bridgehead atoms. The van der Waals surface area contributed by atoms with Crippen molar-refractivity contribution >= 4 is 17.6 Å². The summed E-state index contributed by atoms with van der Waals surface area (Å²) in [6, 6.07) is 14.6. The topological polar surface area (TPSA) is 57.2 Å². The number of nitrogens with one attached hydrogen (secondary N) is 1. The van der Waals surface area contributed by atoms with Gasteiger partial charge in [-0.05, 0) is 43.5 Å². The molecule has 2 aromatic rings. The zero-order chi connectivity index (χ0) is 22.5. The minimum absolute atomic E-state index is 0.164. The molecule has 2 heterocycles. The summed E-state index contributed by atoms with van der Waals surface area (Å²) in [5, 5.41) is 3.40. The molecule has 0 radical (unpaired) electrons. The van der Waals surface area contributed by atoms with Gasteiger partial charge in [0.2, 0.25) is 5.91 Å². The highest BCUT2D eigenvalue weighted by Crippen LogP contribution is 2.38. The number of carbonyl (C=O) groups excluding carboxylic acids is 1. The summed E-state index contributed by atoms with van der Waals surface area (Å²) in [4.78, 5) is 20.7. The van der Waals surface area contributed by atoms with E-state index in [9.17, 15) is 9.18 Å². The first-order chi connectivity index (χ1) is 15.5. The molecule has 6 nitrogen and oxygen atoms in total. The van der Waals surface area contributed by atoms with E-state index in [4.69, 9.17) is 4.74 Å². The van der Waals surface area contributed by atoms with Crippen LogP contribution in [0.2, 0.25) is 0 Å². The molecule has 2 unspecified atom stereocenters. The SMILES string of the molecule is CN=C(NCC(C)Oc1cccc(F)c1)N1CC(CCN2CCCC2=O)c2ccccc21. The molecule has 4 rings (SSSR count). The summed E-state index contributed by atoms with van der Waals surface area (Å²) < 4.78 is 19.2. The fraction of sp³-hybridized carbons (Fsp3) is 0.440. The van der Waals surface area contributed by atoms with E-state index >= 15 is 0 Å². The number of rotatable bonds is 7. The van der Waals surface area contributed by atoms with Crippen molar-refractivity contribution in [2.75, 3.05) is 38.1 Å². The molecule has 7 heteroatoms. The van der Waals surface area contributed by atoms with Crippen molar-refractivity contribution in [2.45, 2.75) is 38.2 Å². The number of amides is 1. The van der Waals surface area contributed by atoms with Crippen LogP contribution in [0.15, 0.2) is 53.5 Å². The number of likely N-dealkylation sites (tertiary alicyclic amines) is 1. The third-order valence-electron chi connectivity index (χ3n) is 6.14. The Kier molecular flexibility index (Phi) is 6.93. The number of hydrogen-bond donors (Lipinski definition) is 1. The average molecular weight is 439 g/mol. The lowest BCUT2D eigenvalue weighted by atomic mass is 9.98. The standard InChI is InChI=1S/C25H31FN4O2/c1-18(32-21-8-5-7-20(26)15-21)16-28-25(27-2)30-17-19(22-9-3-4-10-23(22)30)12-14-29-13-6-11-24(29)31/h3-5,7-10,15,18-19H,6,11-14,16-17H2,1-2H3,(H,27,28). The summed E-state index contributed by atoms with van der Waals surface area (Å²) in [6.45, 7) is 4.98. The Balaban J connectivity index is 1.38. The van der Waals surface area contributed by atoms with Gasteiger partial charge in [0.05, 0.1) is 6.54 Å². The van der Waals surface area contributed by atoms with Crippen LogP contribution in [-0.4, -0.2) is 56.1 Å². The first-order valence-electron chi connectivity index (χ1n) is 11.3. The molecule has 1 N–H and O–H groups in total. The van der Waals surface area contributed by atoms with Crippen LogP contribution >= 0.6 is 0 Å². The van der Waals surface area contributed by atoms with E-state index in [-0.39, 0.29) is 17.8 Å². The second-order valence-electron chi connectivity index (χ2n) is 8.45. The van der Waals surface area contributed by atoms with E-state index in [2.05, 4.69) is 33.4 Å². The van der Waals surface area contributed by atoms with Crippen molar-refractivity contribution in [3.8, 4) is 5.75 Å². The Labute approximate surface area is 189 Å². The van der Waals surface area contributed by atoms with Crippen molar-refractivity contribution in [3.63, 3.8) is 0 Å². The first-order valence-corrected chi connectivity index (χ1v) is 11.3. The molecule has 170 valence electrons. The lowest BCUT2D eigenvalue weighted by molar-refractivity contribution is -0.127. The van der Waals surface area contributed by atoms with Gasteiger partial charge < -0.3 is 19.9 Å². The van der Waals surface area contributed by atoms with Gasteiger partial charge in [-0.1, -0.05) is 24.3 Å². The van der Waals surface area contributed by atoms with E-state index in [0.717, 1.165) is 44.1 Å². The summed E-state index contributed by atoms with van der Waals surface area (Å²) in [5.41, 5.74) is 2.45. The number of carbonyl (C=O) groups is 1. The minimum Gasteiger partial charge on any atom is -0.489 e. The normalized spacial score (nSPS) is 19.3. The Morgan fingerprint density at radius 1 is 1.28 bits per heavy atom. The first kappa shape index (κ1) is 22.1. The van der Waals surface area contributed by atoms with Gasteiger partial charge in [0.1, 0.15) is 17.7 Å². The third kappa shape index (κ3) is 5.03. The fourth-order valence-electron chi connectivity index (χ4n) is 4.54.